The molecule has 1 rings (SSSR count). The second-order valence-corrected chi connectivity index (χ2v) is 3.74. The van der Waals surface area contributed by atoms with E-state index in [9.17, 15) is 0 Å². The van der Waals surface area contributed by atoms with Crippen LogP contribution in [-0.2, 0) is 6.42 Å². The zero-order chi connectivity index (χ0) is 9.84. The van der Waals surface area contributed by atoms with Crippen LogP contribution in [-0.4, -0.2) is 25.5 Å². The lowest BCUT2D eigenvalue weighted by molar-refractivity contribution is 0.413. The van der Waals surface area contributed by atoms with Crippen LogP contribution in [0.15, 0.2) is 18.2 Å². The van der Waals surface area contributed by atoms with E-state index in [1.807, 2.05) is 6.07 Å². The molecule has 0 aliphatic heterocycles. The molecule has 0 amide bonds. The fraction of sp³-hybridized carbons (Fsp3) is 0.455. The summed E-state index contributed by atoms with van der Waals surface area (Å²) in [6.07, 6.45) is 1.09. The number of hydrogen-bond acceptors (Lipinski definition) is 2. The number of anilines is 1. The van der Waals surface area contributed by atoms with Gasteiger partial charge in [0.2, 0.25) is 0 Å². The summed E-state index contributed by atoms with van der Waals surface area (Å²) in [5, 5.41) is 0. The van der Waals surface area contributed by atoms with Crippen molar-refractivity contribution in [2.45, 2.75) is 13.3 Å². The van der Waals surface area contributed by atoms with Crippen molar-refractivity contribution in [1.82, 2.24) is 4.90 Å². The third-order valence-electron chi connectivity index (χ3n) is 2.18. The first-order valence-corrected chi connectivity index (χ1v) is 4.59. The van der Waals surface area contributed by atoms with Gasteiger partial charge in [-0.05, 0) is 44.6 Å². The molecule has 72 valence electrons. The van der Waals surface area contributed by atoms with Crippen LogP contribution in [0.5, 0.6) is 0 Å². The molecule has 1 aromatic rings. The number of nitrogen functional groups attached to an aromatic ring is 1. The van der Waals surface area contributed by atoms with Crippen molar-refractivity contribution < 1.29 is 0 Å². The molecular weight excluding hydrogens is 160 g/mol. The lowest BCUT2D eigenvalue weighted by Gasteiger charge is -2.10. The Bertz CT molecular complexity index is 279. The summed E-state index contributed by atoms with van der Waals surface area (Å²) in [5.74, 6) is 0. The Kier molecular flexibility index (Phi) is 3.32. The molecule has 0 unspecified atom stereocenters. The van der Waals surface area contributed by atoms with E-state index in [1.54, 1.807) is 0 Å². The zero-order valence-corrected chi connectivity index (χ0v) is 8.67. The second kappa shape index (κ2) is 4.28. The summed E-state index contributed by atoms with van der Waals surface area (Å²) in [6, 6.07) is 6.25. The lowest BCUT2D eigenvalue weighted by atomic mass is 10.1. The van der Waals surface area contributed by atoms with E-state index < -0.39 is 0 Å². The number of benzene rings is 1. The average Bonchev–Trinajstić information content (AvgIpc) is 2.07. The van der Waals surface area contributed by atoms with Crippen molar-refractivity contribution >= 4 is 5.69 Å². The summed E-state index contributed by atoms with van der Waals surface area (Å²) in [5.41, 5.74) is 9.16. The van der Waals surface area contributed by atoms with Crippen LogP contribution in [0.2, 0.25) is 0 Å². The lowest BCUT2D eigenvalue weighted by Crippen LogP contribution is -2.15. The molecule has 2 heteroatoms. The molecule has 0 saturated carbocycles. The van der Waals surface area contributed by atoms with Gasteiger partial charge in [0, 0.05) is 12.2 Å². The fourth-order valence-corrected chi connectivity index (χ4v) is 1.25. The quantitative estimate of drug-likeness (QED) is 0.714. The topological polar surface area (TPSA) is 29.3 Å². The van der Waals surface area contributed by atoms with Crippen molar-refractivity contribution in [1.29, 1.82) is 0 Å². The monoisotopic (exact) mass is 178 g/mol. The number of rotatable bonds is 3. The number of nitrogens with zero attached hydrogens (tertiary/aromatic N) is 1. The second-order valence-electron chi connectivity index (χ2n) is 3.74. The Morgan fingerprint density at radius 2 is 2.00 bits per heavy atom. The number of nitrogens with two attached hydrogens (primary N) is 1. The van der Waals surface area contributed by atoms with Crippen LogP contribution in [0, 0.1) is 6.92 Å². The molecule has 0 bridgehead atoms. The van der Waals surface area contributed by atoms with Crippen LogP contribution < -0.4 is 5.73 Å². The van der Waals surface area contributed by atoms with Crippen molar-refractivity contribution in [3.63, 3.8) is 0 Å². The van der Waals surface area contributed by atoms with Gasteiger partial charge in [0.25, 0.3) is 0 Å². The molecule has 1 aromatic carbocycles. The summed E-state index contributed by atoms with van der Waals surface area (Å²) >= 11 is 0. The van der Waals surface area contributed by atoms with E-state index in [2.05, 4.69) is 38.1 Å². The van der Waals surface area contributed by atoms with Crippen LogP contribution >= 0.6 is 0 Å². The molecule has 2 N–H and O–H groups in total. The van der Waals surface area contributed by atoms with Crippen molar-refractivity contribution in [3.05, 3.63) is 29.3 Å². The zero-order valence-electron chi connectivity index (χ0n) is 8.67. The summed E-state index contributed by atoms with van der Waals surface area (Å²) < 4.78 is 0. The van der Waals surface area contributed by atoms with Gasteiger partial charge in [-0.3, -0.25) is 0 Å². The fourth-order valence-electron chi connectivity index (χ4n) is 1.25. The molecule has 0 aliphatic rings. The molecule has 0 saturated heterocycles. The highest BCUT2D eigenvalue weighted by Gasteiger charge is 1.97. The highest BCUT2D eigenvalue weighted by Crippen LogP contribution is 2.12. The largest absolute Gasteiger partial charge is 0.399 e. The molecule has 0 fully saturated rings. The van der Waals surface area contributed by atoms with E-state index in [4.69, 9.17) is 5.73 Å². The van der Waals surface area contributed by atoms with Gasteiger partial charge >= 0.3 is 0 Å². The minimum atomic E-state index is 0.883. The minimum Gasteiger partial charge on any atom is -0.399 e. The van der Waals surface area contributed by atoms with Gasteiger partial charge < -0.3 is 10.6 Å². The Morgan fingerprint density at radius 1 is 1.31 bits per heavy atom. The predicted molar refractivity (Wildman–Crippen MR) is 57.8 cm³/mol. The van der Waals surface area contributed by atoms with Crippen molar-refractivity contribution in [2.24, 2.45) is 0 Å². The van der Waals surface area contributed by atoms with Gasteiger partial charge in [0.15, 0.2) is 0 Å². The Hall–Kier alpha value is -1.02. The molecule has 0 radical (unpaired) electrons. The van der Waals surface area contributed by atoms with Crippen molar-refractivity contribution in [2.75, 3.05) is 26.4 Å². The normalized spacial score (nSPS) is 10.8. The molecule has 0 heterocycles. The maximum absolute atomic E-state index is 5.73. The van der Waals surface area contributed by atoms with E-state index in [0.29, 0.717) is 0 Å². The Labute approximate surface area is 80.4 Å². The highest BCUT2D eigenvalue weighted by atomic mass is 15.0. The standard InChI is InChI=1S/C11H18N2/c1-9-8-10(4-5-11(9)12)6-7-13(2)3/h4-5,8H,6-7,12H2,1-3H3. The maximum atomic E-state index is 5.73. The summed E-state index contributed by atoms with van der Waals surface area (Å²) in [4.78, 5) is 2.19. The van der Waals surface area contributed by atoms with E-state index in [0.717, 1.165) is 18.7 Å². The minimum absolute atomic E-state index is 0.883. The van der Waals surface area contributed by atoms with Gasteiger partial charge in [-0.15, -0.1) is 0 Å². The van der Waals surface area contributed by atoms with Crippen molar-refractivity contribution in [3.8, 4) is 0 Å². The third-order valence-corrected chi connectivity index (χ3v) is 2.18. The molecule has 0 atom stereocenters. The number of likely N-dealkylation sites (N-methyl/N-ethyl adjacent to an activating group) is 1. The van der Waals surface area contributed by atoms with E-state index in [1.165, 1.54) is 11.1 Å². The van der Waals surface area contributed by atoms with Gasteiger partial charge in [-0.1, -0.05) is 12.1 Å². The maximum Gasteiger partial charge on any atom is 0.0343 e. The molecule has 0 aliphatic carbocycles. The summed E-state index contributed by atoms with van der Waals surface area (Å²) in [6.45, 7) is 3.14. The van der Waals surface area contributed by atoms with Crippen LogP contribution in [0.4, 0.5) is 5.69 Å². The number of hydrogen-bond donors (Lipinski definition) is 1. The number of aryl methyl sites for hydroxylation is 1. The van der Waals surface area contributed by atoms with Crippen LogP contribution in [0.3, 0.4) is 0 Å². The molecular formula is C11H18N2. The van der Waals surface area contributed by atoms with Gasteiger partial charge in [0.05, 0.1) is 0 Å². The van der Waals surface area contributed by atoms with Gasteiger partial charge in [0.1, 0.15) is 0 Å². The first-order chi connectivity index (χ1) is 6.09. The van der Waals surface area contributed by atoms with E-state index in [-0.39, 0.29) is 0 Å². The SMILES string of the molecule is Cc1cc(CCN(C)C)ccc1N. The average molecular weight is 178 g/mol. The summed E-state index contributed by atoms with van der Waals surface area (Å²) in [7, 11) is 4.17. The molecule has 0 aromatic heterocycles. The Morgan fingerprint density at radius 3 is 2.54 bits per heavy atom. The predicted octanol–water partition coefficient (Wildman–Crippen LogP) is 1.68. The van der Waals surface area contributed by atoms with Crippen LogP contribution in [0.1, 0.15) is 11.1 Å². The molecule has 2 nitrogen and oxygen atoms in total. The first kappa shape index (κ1) is 10.1. The third kappa shape index (κ3) is 3.07. The van der Waals surface area contributed by atoms with Gasteiger partial charge in [-0.25, -0.2) is 0 Å². The van der Waals surface area contributed by atoms with Crippen LogP contribution in [0.25, 0.3) is 0 Å². The molecule has 13 heavy (non-hydrogen) atoms. The Balaban J connectivity index is 2.63. The smallest absolute Gasteiger partial charge is 0.0343 e. The van der Waals surface area contributed by atoms with E-state index >= 15 is 0 Å². The highest BCUT2D eigenvalue weighted by molar-refractivity contribution is 5.47. The first-order valence-electron chi connectivity index (χ1n) is 4.59. The van der Waals surface area contributed by atoms with Gasteiger partial charge in [-0.2, -0.15) is 0 Å². The molecule has 0 spiro atoms.